The minimum atomic E-state index is -0.273. The lowest BCUT2D eigenvalue weighted by Crippen LogP contribution is -2.26. The summed E-state index contributed by atoms with van der Waals surface area (Å²) in [7, 11) is 1.57. The smallest absolute Gasteiger partial charge is 0.263 e. The number of fused-ring (bicyclic) bond motifs is 1. The van der Waals surface area contributed by atoms with Crippen LogP contribution in [0.25, 0.3) is 10.1 Å². The molecule has 1 heterocycles. The van der Waals surface area contributed by atoms with E-state index in [1.54, 1.807) is 13.2 Å². The summed E-state index contributed by atoms with van der Waals surface area (Å²) in [6, 6.07) is 5.55. The fraction of sp³-hybridized carbons (Fsp3) is 0.250. The molecule has 18 heavy (non-hydrogen) atoms. The number of benzene rings is 1. The molecule has 1 amide bonds. The number of hydrogen-bond donors (Lipinski definition) is 3. The zero-order valence-electron chi connectivity index (χ0n) is 9.90. The van der Waals surface area contributed by atoms with E-state index < -0.39 is 0 Å². The second-order valence-electron chi connectivity index (χ2n) is 3.66. The molecule has 0 aliphatic carbocycles. The van der Waals surface area contributed by atoms with E-state index in [1.165, 1.54) is 11.3 Å². The maximum atomic E-state index is 11.9. The summed E-state index contributed by atoms with van der Waals surface area (Å²) in [6.07, 6.45) is 0. The molecule has 0 saturated carbocycles. The van der Waals surface area contributed by atoms with Gasteiger partial charge in [-0.15, -0.1) is 11.3 Å². The summed E-state index contributed by atoms with van der Waals surface area (Å²) in [5.41, 5.74) is 6.41. The van der Waals surface area contributed by atoms with Crippen LogP contribution in [-0.4, -0.2) is 31.3 Å². The third kappa shape index (κ3) is 2.12. The SMILES string of the molecule is COc1cccc2sc(C(=O)NCCO)c(N)c12. The van der Waals surface area contributed by atoms with Gasteiger partial charge in [-0.2, -0.15) is 0 Å². The standard InChI is InChI=1S/C12H14N2O3S/c1-17-7-3-2-4-8-9(7)10(13)11(18-8)12(16)14-5-6-15/h2-4,15H,5-6,13H2,1H3,(H,14,16). The van der Waals surface area contributed by atoms with E-state index >= 15 is 0 Å². The van der Waals surface area contributed by atoms with Gasteiger partial charge in [0.1, 0.15) is 10.6 Å². The number of methoxy groups -OCH3 is 1. The number of nitrogens with two attached hydrogens (primary N) is 1. The van der Waals surface area contributed by atoms with Crippen molar-refractivity contribution in [1.82, 2.24) is 5.32 Å². The number of amides is 1. The average molecular weight is 266 g/mol. The zero-order valence-corrected chi connectivity index (χ0v) is 10.7. The van der Waals surface area contributed by atoms with E-state index in [0.717, 1.165) is 10.1 Å². The molecule has 0 radical (unpaired) electrons. The first-order chi connectivity index (χ1) is 8.69. The molecular weight excluding hydrogens is 252 g/mol. The lowest BCUT2D eigenvalue weighted by atomic mass is 10.2. The maximum absolute atomic E-state index is 11.9. The first-order valence-electron chi connectivity index (χ1n) is 5.43. The molecular formula is C12H14N2O3S. The number of aliphatic hydroxyl groups excluding tert-OH is 1. The summed E-state index contributed by atoms with van der Waals surface area (Å²) in [6.45, 7) is 0.115. The van der Waals surface area contributed by atoms with E-state index in [-0.39, 0.29) is 19.1 Å². The van der Waals surface area contributed by atoms with Gasteiger partial charge in [-0.05, 0) is 12.1 Å². The summed E-state index contributed by atoms with van der Waals surface area (Å²) in [5.74, 6) is 0.382. The van der Waals surface area contributed by atoms with Crippen LogP contribution in [0.15, 0.2) is 18.2 Å². The quantitative estimate of drug-likeness (QED) is 0.776. The molecule has 1 aromatic carbocycles. The number of carbonyl (C=O) groups excluding carboxylic acids is 1. The van der Waals surface area contributed by atoms with E-state index in [0.29, 0.717) is 16.3 Å². The lowest BCUT2D eigenvalue weighted by molar-refractivity contribution is 0.0949. The maximum Gasteiger partial charge on any atom is 0.263 e. The van der Waals surface area contributed by atoms with Gasteiger partial charge < -0.3 is 20.9 Å². The first-order valence-corrected chi connectivity index (χ1v) is 6.24. The largest absolute Gasteiger partial charge is 0.496 e. The Bertz CT molecular complexity index is 580. The molecule has 0 bridgehead atoms. The van der Waals surface area contributed by atoms with Crippen LogP contribution in [0.2, 0.25) is 0 Å². The lowest BCUT2D eigenvalue weighted by Gasteiger charge is -2.03. The van der Waals surface area contributed by atoms with Crippen molar-refractivity contribution in [2.24, 2.45) is 0 Å². The Hall–Kier alpha value is -1.79. The van der Waals surface area contributed by atoms with Gasteiger partial charge in [-0.1, -0.05) is 6.07 Å². The number of aliphatic hydroxyl groups is 1. The number of thiophene rings is 1. The van der Waals surface area contributed by atoms with Gasteiger partial charge in [0, 0.05) is 11.2 Å². The predicted molar refractivity (Wildman–Crippen MR) is 72.2 cm³/mol. The van der Waals surface area contributed by atoms with Gasteiger partial charge in [0.2, 0.25) is 0 Å². The first kappa shape index (κ1) is 12.7. The van der Waals surface area contributed by atoms with E-state index in [4.69, 9.17) is 15.6 Å². The Balaban J connectivity index is 2.47. The van der Waals surface area contributed by atoms with Crippen LogP contribution in [0.1, 0.15) is 9.67 Å². The summed E-state index contributed by atoms with van der Waals surface area (Å²) >= 11 is 1.31. The van der Waals surface area contributed by atoms with Gasteiger partial charge in [0.05, 0.1) is 24.8 Å². The fourth-order valence-electron chi connectivity index (χ4n) is 1.73. The number of hydrogen-bond acceptors (Lipinski definition) is 5. The molecule has 6 heteroatoms. The van der Waals surface area contributed by atoms with Crippen LogP contribution in [0.4, 0.5) is 5.69 Å². The van der Waals surface area contributed by atoms with Crippen LogP contribution in [0.3, 0.4) is 0 Å². The van der Waals surface area contributed by atoms with Gasteiger partial charge in [-0.3, -0.25) is 4.79 Å². The molecule has 0 saturated heterocycles. The third-order valence-electron chi connectivity index (χ3n) is 2.54. The molecule has 96 valence electrons. The Morgan fingerprint density at radius 1 is 1.56 bits per heavy atom. The van der Waals surface area contributed by atoms with Crippen molar-refractivity contribution in [2.45, 2.75) is 0 Å². The molecule has 0 atom stereocenters. The van der Waals surface area contributed by atoms with E-state index in [2.05, 4.69) is 5.32 Å². The van der Waals surface area contributed by atoms with Crippen LogP contribution >= 0.6 is 11.3 Å². The molecule has 4 N–H and O–H groups in total. The fourth-order valence-corrected chi connectivity index (χ4v) is 2.78. The van der Waals surface area contributed by atoms with Crippen molar-refractivity contribution in [2.75, 3.05) is 26.0 Å². The van der Waals surface area contributed by atoms with Crippen LogP contribution in [-0.2, 0) is 0 Å². The molecule has 0 spiro atoms. The topological polar surface area (TPSA) is 84.6 Å². The van der Waals surface area contributed by atoms with Gasteiger partial charge >= 0.3 is 0 Å². The summed E-state index contributed by atoms with van der Waals surface area (Å²) in [4.78, 5) is 12.3. The molecule has 0 aliphatic heterocycles. The minimum Gasteiger partial charge on any atom is -0.496 e. The monoisotopic (exact) mass is 266 g/mol. The van der Waals surface area contributed by atoms with Gasteiger partial charge in [0.25, 0.3) is 5.91 Å². The number of rotatable bonds is 4. The zero-order chi connectivity index (χ0) is 13.1. The number of nitrogen functional groups attached to an aromatic ring is 1. The predicted octanol–water partition coefficient (Wildman–Crippen LogP) is 1.21. The third-order valence-corrected chi connectivity index (χ3v) is 3.71. The van der Waals surface area contributed by atoms with Crippen LogP contribution in [0, 0.1) is 0 Å². The molecule has 0 fully saturated rings. The molecule has 2 rings (SSSR count). The van der Waals surface area contributed by atoms with E-state index in [9.17, 15) is 4.79 Å². The second-order valence-corrected chi connectivity index (χ2v) is 4.71. The number of nitrogens with one attached hydrogen (secondary N) is 1. The average Bonchev–Trinajstić information content (AvgIpc) is 2.73. The van der Waals surface area contributed by atoms with Gasteiger partial charge in [0.15, 0.2) is 0 Å². The van der Waals surface area contributed by atoms with Crippen LogP contribution in [0.5, 0.6) is 5.75 Å². The Morgan fingerprint density at radius 2 is 2.33 bits per heavy atom. The molecule has 1 aromatic heterocycles. The van der Waals surface area contributed by atoms with Crippen molar-refractivity contribution < 1.29 is 14.6 Å². The highest BCUT2D eigenvalue weighted by Crippen LogP contribution is 2.39. The summed E-state index contributed by atoms with van der Waals surface area (Å²) < 4.78 is 6.14. The highest BCUT2D eigenvalue weighted by Gasteiger charge is 2.18. The van der Waals surface area contributed by atoms with Crippen LogP contribution < -0.4 is 15.8 Å². The summed E-state index contributed by atoms with van der Waals surface area (Å²) in [5, 5.41) is 12.0. The van der Waals surface area contributed by atoms with Crippen molar-refractivity contribution >= 4 is 33.0 Å². The normalized spacial score (nSPS) is 10.6. The van der Waals surface area contributed by atoms with Gasteiger partial charge in [-0.25, -0.2) is 0 Å². The van der Waals surface area contributed by atoms with Crippen molar-refractivity contribution in [3.8, 4) is 5.75 Å². The van der Waals surface area contributed by atoms with Crippen molar-refractivity contribution in [3.05, 3.63) is 23.1 Å². The molecule has 5 nitrogen and oxygen atoms in total. The minimum absolute atomic E-state index is 0.0974. The molecule has 2 aromatic rings. The Labute approximate surface area is 108 Å². The highest BCUT2D eigenvalue weighted by atomic mass is 32.1. The number of anilines is 1. The molecule has 0 unspecified atom stereocenters. The van der Waals surface area contributed by atoms with E-state index in [1.807, 2.05) is 12.1 Å². The van der Waals surface area contributed by atoms with Crippen molar-refractivity contribution in [1.29, 1.82) is 0 Å². The number of ether oxygens (including phenoxy) is 1. The Morgan fingerprint density at radius 3 is 3.00 bits per heavy atom. The number of carbonyl (C=O) groups is 1. The Kier molecular flexibility index (Phi) is 3.69. The molecule has 0 aliphatic rings. The van der Waals surface area contributed by atoms with Crippen molar-refractivity contribution in [3.63, 3.8) is 0 Å². The highest BCUT2D eigenvalue weighted by molar-refractivity contribution is 7.21. The second kappa shape index (κ2) is 5.24.